The molecule has 1 amide bonds. The highest BCUT2D eigenvalue weighted by atomic mass is 16.6. The highest BCUT2D eigenvalue weighted by Gasteiger charge is 2.12. The first-order valence-corrected chi connectivity index (χ1v) is 7.11. The fourth-order valence-corrected chi connectivity index (χ4v) is 2.27. The number of primary amides is 1. The van der Waals surface area contributed by atoms with Gasteiger partial charge in [0.2, 0.25) is 5.55 Å². The van der Waals surface area contributed by atoms with Crippen molar-refractivity contribution in [3.05, 3.63) is 81.4 Å². The molecule has 7 nitrogen and oxygen atoms in total. The van der Waals surface area contributed by atoms with Gasteiger partial charge in [-0.25, -0.2) is 4.99 Å². The number of fused-ring (bicyclic) bond motifs is 1. The molecule has 7 heteroatoms. The molecule has 0 spiro atoms. The summed E-state index contributed by atoms with van der Waals surface area (Å²) < 4.78 is 5.62. The van der Waals surface area contributed by atoms with Crippen LogP contribution in [0.1, 0.15) is 15.9 Å². The smallest absolute Gasteiger partial charge is 0.270 e. The normalized spacial score (nSPS) is 11.6. The second kappa shape index (κ2) is 6.33. The maximum Gasteiger partial charge on any atom is 0.270 e. The molecule has 0 aliphatic carbocycles. The number of benzene rings is 2. The van der Waals surface area contributed by atoms with Crippen LogP contribution < -0.4 is 11.3 Å². The Morgan fingerprint density at radius 3 is 2.58 bits per heavy atom. The number of nitro groups is 1. The van der Waals surface area contributed by atoms with Crippen molar-refractivity contribution < 1.29 is 14.1 Å². The quantitative estimate of drug-likeness (QED) is 0.587. The Labute approximate surface area is 136 Å². The lowest BCUT2D eigenvalue weighted by Gasteiger charge is -2.02. The summed E-state index contributed by atoms with van der Waals surface area (Å²) in [5, 5.41) is 11.3. The van der Waals surface area contributed by atoms with Crippen molar-refractivity contribution in [2.24, 2.45) is 10.7 Å². The Balaban J connectivity index is 2.12. The lowest BCUT2D eigenvalue weighted by atomic mass is 10.1. The van der Waals surface area contributed by atoms with Crippen LogP contribution in [0.2, 0.25) is 0 Å². The molecule has 0 bridgehead atoms. The molecule has 0 fully saturated rings. The average Bonchev–Trinajstić information content (AvgIpc) is 2.59. The summed E-state index contributed by atoms with van der Waals surface area (Å²) in [7, 11) is 0. The molecule has 0 saturated carbocycles. The third-order valence-corrected chi connectivity index (χ3v) is 3.45. The highest BCUT2D eigenvalue weighted by Crippen LogP contribution is 2.20. The molecule has 0 saturated heterocycles. The van der Waals surface area contributed by atoms with Crippen molar-refractivity contribution in [1.82, 2.24) is 0 Å². The van der Waals surface area contributed by atoms with Gasteiger partial charge in [0.25, 0.3) is 11.6 Å². The van der Waals surface area contributed by atoms with Crippen LogP contribution in [0.3, 0.4) is 0 Å². The van der Waals surface area contributed by atoms with Crippen molar-refractivity contribution in [3.8, 4) is 0 Å². The molecule has 1 heterocycles. The van der Waals surface area contributed by atoms with Crippen LogP contribution in [0, 0.1) is 10.1 Å². The van der Waals surface area contributed by atoms with Crippen molar-refractivity contribution in [2.75, 3.05) is 0 Å². The molecule has 3 aromatic rings. The van der Waals surface area contributed by atoms with Crippen molar-refractivity contribution in [1.29, 1.82) is 0 Å². The van der Waals surface area contributed by atoms with Gasteiger partial charge in [-0.1, -0.05) is 30.3 Å². The largest absolute Gasteiger partial charge is 0.438 e. The molecule has 0 aliphatic rings. The first-order chi connectivity index (χ1) is 11.5. The average molecular weight is 323 g/mol. The summed E-state index contributed by atoms with van der Waals surface area (Å²) in [6.45, 7) is 0.323. The number of amides is 1. The number of rotatable bonds is 4. The summed E-state index contributed by atoms with van der Waals surface area (Å²) in [6.07, 6.45) is 0. The Morgan fingerprint density at radius 1 is 1.17 bits per heavy atom. The third kappa shape index (κ3) is 3.14. The van der Waals surface area contributed by atoms with E-state index in [1.807, 2.05) is 30.3 Å². The van der Waals surface area contributed by atoms with Crippen LogP contribution in [0.15, 0.2) is 64.0 Å². The van der Waals surface area contributed by atoms with Crippen LogP contribution in [0.25, 0.3) is 11.0 Å². The molecule has 2 aromatic carbocycles. The van der Waals surface area contributed by atoms with E-state index in [9.17, 15) is 14.9 Å². The molecule has 2 N–H and O–H groups in total. The number of nitro benzene ring substituents is 1. The van der Waals surface area contributed by atoms with Gasteiger partial charge in [-0.3, -0.25) is 14.9 Å². The summed E-state index contributed by atoms with van der Waals surface area (Å²) in [6, 6.07) is 15.1. The molecule has 0 atom stereocenters. The molecular weight excluding hydrogens is 310 g/mol. The van der Waals surface area contributed by atoms with Gasteiger partial charge in [0.15, 0.2) is 0 Å². The lowest BCUT2D eigenvalue weighted by Crippen LogP contribution is -2.22. The Hall–Kier alpha value is -3.48. The third-order valence-electron chi connectivity index (χ3n) is 3.45. The van der Waals surface area contributed by atoms with Crippen molar-refractivity contribution in [3.63, 3.8) is 0 Å². The van der Waals surface area contributed by atoms with Crippen molar-refractivity contribution >= 4 is 22.6 Å². The van der Waals surface area contributed by atoms with Crippen LogP contribution in [0.4, 0.5) is 5.69 Å². The van der Waals surface area contributed by atoms with Gasteiger partial charge in [-0.2, -0.15) is 0 Å². The molecule has 0 unspecified atom stereocenters. The Kier molecular flexibility index (Phi) is 4.07. The number of carbonyl (C=O) groups excluding carboxylic acids is 1. The van der Waals surface area contributed by atoms with Gasteiger partial charge in [0.05, 0.1) is 11.5 Å². The zero-order valence-electron chi connectivity index (χ0n) is 12.5. The molecular formula is C17H13N3O4. The van der Waals surface area contributed by atoms with E-state index in [1.54, 1.807) is 0 Å². The molecule has 24 heavy (non-hydrogen) atoms. The molecule has 3 rings (SSSR count). The standard InChI is InChI=1S/C17H13N3O4/c18-16(21)14-9-12-8-13(20(22)23)6-7-15(12)24-17(14)19-10-11-4-2-1-3-5-11/h1-9H,10H2,(H2,18,21). The van der Waals surface area contributed by atoms with Crippen LogP contribution >= 0.6 is 0 Å². The maximum atomic E-state index is 11.7. The Bertz CT molecular complexity index is 994. The van der Waals surface area contributed by atoms with Gasteiger partial charge >= 0.3 is 0 Å². The maximum absolute atomic E-state index is 11.7. The van der Waals surface area contributed by atoms with Gasteiger partial charge < -0.3 is 10.2 Å². The first-order valence-electron chi connectivity index (χ1n) is 7.11. The predicted octanol–water partition coefficient (Wildman–Crippen LogP) is 2.54. The lowest BCUT2D eigenvalue weighted by molar-refractivity contribution is -0.384. The summed E-state index contributed by atoms with van der Waals surface area (Å²) in [5.74, 6) is -0.709. The monoisotopic (exact) mass is 323 g/mol. The van der Waals surface area contributed by atoms with E-state index in [4.69, 9.17) is 10.2 Å². The molecule has 0 aliphatic heterocycles. The number of nitrogens with zero attached hydrogens (tertiary/aromatic N) is 2. The number of carbonyl (C=O) groups is 1. The number of hydrogen-bond acceptors (Lipinski definition) is 5. The molecule has 0 radical (unpaired) electrons. The fourth-order valence-electron chi connectivity index (χ4n) is 2.27. The second-order valence-corrected chi connectivity index (χ2v) is 5.11. The second-order valence-electron chi connectivity index (χ2n) is 5.11. The fraction of sp³-hybridized carbons (Fsp3) is 0.0588. The van der Waals surface area contributed by atoms with Gasteiger partial charge in [0, 0.05) is 17.5 Å². The molecule has 120 valence electrons. The number of nitrogens with two attached hydrogens (primary N) is 1. The van der Waals surface area contributed by atoms with E-state index in [0.717, 1.165) is 5.56 Å². The zero-order valence-corrected chi connectivity index (χ0v) is 12.5. The van der Waals surface area contributed by atoms with Crippen LogP contribution in [-0.4, -0.2) is 10.8 Å². The van der Waals surface area contributed by atoms with Crippen LogP contribution in [0.5, 0.6) is 0 Å². The van der Waals surface area contributed by atoms with Gasteiger partial charge in [-0.15, -0.1) is 0 Å². The van der Waals surface area contributed by atoms with Gasteiger partial charge in [0.1, 0.15) is 11.1 Å². The summed E-state index contributed by atoms with van der Waals surface area (Å²) >= 11 is 0. The van der Waals surface area contributed by atoms with Crippen molar-refractivity contribution in [2.45, 2.75) is 6.54 Å². The number of hydrogen-bond donors (Lipinski definition) is 1. The van der Waals surface area contributed by atoms with Crippen LogP contribution in [-0.2, 0) is 6.54 Å². The first kappa shape index (κ1) is 15.4. The topological polar surface area (TPSA) is 112 Å². The highest BCUT2D eigenvalue weighted by molar-refractivity contribution is 5.95. The van der Waals surface area contributed by atoms with Gasteiger partial charge in [-0.05, 0) is 17.7 Å². The summed E-state index contributed by atoms with van der Waals surface area (Å²) in [5.41, 5.74) is 6.81. The van der Waals surface area contributed by atoms with E-state index in [0.29, 0.717) is 17.5 Å². The van der Waals surface area contributed by atoms with E-state index < -0.39 is 10.8 Å². The minimum absolute atomic E-state index is 0.0823. The minimum atomic E-state index is -0.709. The Morgan fingerprint density at radius 2 is 1.92 bits per heavy atom. The van der Waals surface area contributed by atoms with E-state index in [-0.39, 0.29) is 16.8 Å². The van der Waals surface area contributed by atoms with E-state index >= 15 is 0 Å². The van der Waals surface area contributed by atoms with E-state index in [1.165, 1.54) is 24.3 Å². The predicted molar refractivity (Wildman–Crippen MR) is 87.1 cm³/mol. The number of non-ortho nitro benzene ring substituents is 1. The minimum Gasteiger partial charge on any atom is -0.438 e. The van der Waals surface area contributed by atoms with E-state index in [2.05, 4.69) is 4.99 Å². The summed E-state index contributed by atoms with van der Waals surface area (Å²) in [4.78, 5) is 26.3. The zero-order chi connectivity index (χ0) is 17.1. The SMILES string of the molecule is NC(=O)c1cc2cc([N+](=O)[O-])ccc2oc1=NCc1ccccc1. The molecule has 1 aromatic heterocycles.